The van der Waals surface area contributed by atoms with Crippen molar-refractivity contribution in [3.05, 3.63) is 11.1 Å². The zero-order chi connectivity index (χ0) is 31.2. The molecule has 4 saturated heterocycles. The Morgan fingerprint density at radius 2 is 1.98 bits per heavy atom. The SMILES string of the molecule is CC(C)C12OC1C1OC13C1(C)CCC4=C(COC4=O)C1CC1OC13C2OC(=O)OCCCCNC(=O)CCCCC1CCSS1. The van der Waals surface area contributed by atoms with E-state index in [0.717, 1.165) is 48.5 Å². The zero-order valence-electron chi connectivity index (χ0n) is 26.4. The van der Waals surface area contributed by atoms with E-state index in [-0.39, 0.29) is 54.0 Å². The van der Waals surface area contributed by atoms with E-state index in [1.807, 2.05) is 21.6 Å². The van der Waals surface area contributed by atoms with Gasteiger partial charge in [-0.1, -0.05) is 48.8 Å². The van der Waals surface area contributed by atoms with Crippen LogP contribution in [0.3, 0.4) is 0 Å². The number of esters is 1. The topological polar surface area (TPSA) is 129 Å². The average Bonchev–Trinajstić information content (AvgIpc) is 3.95. The minimum Gasteiger partial charge on any atom is -0.458 e. The normalized spacial score (nSPS) is 44.5. The van der Waals surface area contributed by atoms with Crippen LogP contribution in [0, 0.1) is 17.3 Å². The van der Waals surface area contributed by atoms with Crippen molar-refractivity contribution < 1.29 is 42.8 Å². The highest BCUT2D eigenvalue weighted by Gasteiger charge is 3.01. The average molecular weight is 664 g/mol. The van der Waals surface area contributed by atoms with Gasteiger partial charge in [0.2, 0.25) is 5.91 Å². The van der Waals surface area contributed by atoms with Gasteiger partial charge in [-0.2, -0.15) is 0 Å². The van der Waals surface area contributed by atoms with Crippen LogP contribution in [0.5, 0.6) is 0 Å². The Morgan fingerprint density at radius 1 is 1.11 bits per heavy atom. The van der Waals surface area contributed by atoms with Gasteiger partial charge in [-0.15, -0.1) is 0 Å². The van der Waals surface area contributed by atoms with Gasteiger partial charge in [-0.3, -0.25) is 4.79 Å². The van der Waals surface area contributed by atoms with Crippen LogP contribution in [0.25, 0.3) is 0 Å². The Morgan fingerprint density at radius 3 is 2.78 bits per heavy atom. The van der Waals surface area contributed by atoms with Crippen LogP contribution in [0.2, 0.25) is 0 Å². The van der Waals surface area contributed by atoms with Crippen molar-refractivity contribution in [1.82, 2.24) is 5.32 Å². The van der Waals surface area contributed by atoms with Gasteiger partial charge in [0.25, 0.3) is 0 Å². The molecule has 0 bridgehead atoms. The summed E-state index contributed by atoms with van der Waals surface area (Å²) in [5.74, 6) is 1.35. The third kappa shape index (κ3) is 4.43. The highest BCUT2D eigenvalue weighted by molar-refractivity contribution is 8.77. The molecule has 0 aromatic heterocycles. The lowest BCUT2D eigenvalue weighted by molar-refractivity contribution is -0.136. The number of ether oxygens (including phenoxy) is 6. The van der Waals surface area contributed by atoms with Crippen molar-refractivity contribution in [2.24, 2.45) is 17.3 Å². The summed E-state index contributed by atoms with van der Waals surface area (Å²) in [6.07, 6.45) is 6.78. The summed E-state index contributed by atoms with van der Waals surface area (Å²) in [6.45, 7) is 7.58. The maximum atomic E-state index is 13.2. The molecule has 0 aromatic carbocycles. The van der Waals surface area contributed by atoms with Crippen LogP contribution in [0.1, 0.15) is 85.0 Å². The molecule has 10 nitrogen and oxygen atoms in total. The standard InChI is InChI=1S/C33H45NO9S2/c1-18(2)31-25(42-31)26-33(43-26)30(3)12-10-20-21(17-39-27(20)36)22(30)16-23-32(33,41-23)28(31)40-29(37)38-14-7-6-13-34-24(35)9-5-4-8-19-11-15-44-45-19/h18-19,22-23,25-26,28H,4-17H2,1-3H3,(H,34,35). The number of unbranched alkanes of at least 4 members (excludes halogenated alkanes) is 2. The minimum absolute atomic E-state index is 0.0815. The Hall–Kier alpha value is -1.47. The predicted molar refractivity (Wildman–Crippen MR) is 166 cm³/mol. The van der Waals surface area contributed by atoms with E-state index in [0.29, 0.717) is 32.4 Å². The summed E-state index contributed by atoms with van der Waals surface area (Å²) in [5.41, 5.74) is -0.471. The maximum Gasteiger partial charge on any atom is 0.508 e. The first kappa shape index (κ1) is 30.8. The second-order valence-corrected chi connectivity index (χ2v) is 17.5. The van der Waals surface area contributed by atoms with Gasteiger partial charge >= 0.3 is 12.1 Å². The quantitative estimate of drug-likeness (QED) is 0.133. The van der Waals surface area contributed by atoms with Gasteiger partial charge in [-0.05, 0) is 68.8 Å². The molecule has 3 aliphatic carbocycles. The fraction of sp³-hybridized carbons (Fsp3) is 0.848. The van der Waals surface area contributed by atoms with E-state index in [1.165, 1.54) is 18.6 Å². The van der Waals surface area contributed by atoms with Crippen molar-refractivity contribution in [2.45, 2.75) is 131 Å². The van der Waals surface area contributed by atoms with Gasteiger partial charge < -0.3 is 33.7 Å². The number of hydrogen-bond donors (Lipinski definition) is 1. The molecule has 6 fully saturated rings. The molecule has 1 amide bonds. The van der Waals surface area contributed by atoms with Crippen molar-refractivity contribution in [1.29, 1.82) is 0 Å². The molecular weight excluding hydrogens is 618 g/mol. The molecule has 8 rings (SSSR count). The van der Waals surface area contributed by atoms with Crippen LogP contribution in [-0.2, 0) is 38.0 Å². The fourth-order valence-corrected chi connectivity index (χ4v) is 12.9. The molecule has 248 valence electrons. The number of nitrogens with one attached hydrogen (secondary N) is 1. The number of carbonyl (C=O) groups excluding carboxylic acids is 3. The van der Waals surface area contributed by atoms with E-state index >= 15 is 0 Å². The van der Waals surface area contributed by atoms with Crippen LogP contribution in [0.15, 0.2) is 11.1 Å². The van der Waals surface area contributed by atoms with E-state index < -0.39 is 29.1 Å². The third-order valence-corrected chi connectivity index (χ3v) is 15.3. The Kier molecular flexibility index (Phi) is 7.56. The highest BCUT2D eigenvalue weighted by atomic mass is 33.1. The second-order valence-electron chi connectivity index (χ2n) is 14.7. The first-order chi connectivity index (χ1) is 21.7. The number of fused-ring (bicyclic) bond motifs is 4. The minimum atomic E-state index is -0.792. The van der Waals surface area contributed by atoms with Gasteiger partial charge in [0.1, 0.15) is 30.0 Å². The lowest BCUT2D eigenvalue weighted by Crippen LogP contribution is -2.70. The molecule has 10 atom stereocenters. The number of cyclic esters (lactones) is 1. The second kappa shape index (κ2) is 11.0. The first-order valence-electron chi connectivity index (χ1n) is 17.0. The van der Waals surface area contributed by atoms with Crippen LogP contribution < -0.4 is 5.32 Å². The molecule has 1 N–H and O–H groups in total. The molecule has 0 radical (unpaired) electrons. The Balaban J connectivity index is 0.857. The van der Waals surface area contributed by atoms with Crippen molar-refractivity contribution in [3.8, 4) is 0 Å². The largest absolute Gasteiger partial charge is 0.508 e. The smallest absolute Gasteiger partial charge is 0.458 e. The van der Waals surface area contributed by atoms with Crippen LogP contribution in [-0.4, -0.2) is 90.0 Å². The molecule has 12 heteroatoms. The molecule has 0 aromatic rings. The predicted octanol–water partition coefficient (Wildman–Crippen LogP) is 4.87. The molecule has 8 aliphatic rings. The number of epoxide rings is 3. The molecule has 5 heterocycles. The van der Waals surface area contributed by atoms with Gasteiger partial charge in [0.05, 0.1) is 12.7 Å². The summed E-state index contributed by atoms with van der Waals surface area (Å²) in [6, 6.07) is 0. The maximum absolute atomic E-state index is 13.2. The fourth-order valence-electron chi connectivity index (χ4n) is 9.89. The van der Waals surface area contributed by atoms with Gasteiger partial charge in [0.15, 0.2) is 11.7 Å². The summed E-state index contributed by atoms with van der Waals surface area (Å²) in [7, 11) is 3.95. The van der Waals surface area contributed by atoms with Crippen molar-refractivity contribution in [3.63, 3.8) is 0 Å². The number of amides is 1. The third-order valence-electron chi connectivity index (χ3n) is 12.3. The van der Waals surface area contributed by atoms with Gasteiger partial charge in [-0.25, -0.2) is 9.59 Å². The number of carbonyl (C=O) groups is 3. The monoisotopic (exact) mass is 663 g/mol. The Bertz CT molecular complexity index is 1300. The van der Waals surface area contributed by atoms with Crippen molar-refractivity contribution in [2.75, 3.05) is 25.5 Å². The molecule has 10 unspecified atom stereocenters. The summed E-state index contributed by atoms with van der Waals surface area (Å²) in [4.78, 5) is 37.8. The lowest BCUT2D eigenvalue weighted by Gasteiger charge is -2.53. The molecule has 45 heavy (non-hydrogen) atoms. The molecule has 2 saturated carbocycles. The number of hydrogen-bond acceptors (Lipinski definition) is 11. The molecule has 5 aliphatic heterocycles. The first-order valence-corrected chi connectivity index (χ1v) is 19.4. The van der Waals surface area contributed by atoms with E-state index in [4.69, 9.17) is 28.4 Å². The zero-order valence-corrected chi connectivity index (χ0v) is 28.1. The van der Waals surface area contributed by atoms with Crippen LogP contribution in [0.4, 0.5) is 4.79 Å². The van der Waals surface area contributed by atoms with E-state index in [9.17, 15) is 14.4 Å². The van der Waals surface area contributed by atoms with Gasteiger partial charge in [0, 0.05) is 35.0 Å². The lowest BCUT2D eigenvalue weighted by atomic mass is 9.46. The Labute approximate surface area is 272 Å². The van der Waals surface area contributed by atoms with E-state index in [2.05, 4.69) is 26.1 Å². The molecular formula is C33H45NO9S2. The van der Waals surface area contributed by atoms with Crippen LogP contribution >= 0.6 is 21.6 Å². The molecule has 2 spiro atoms. The van der Waals surface area contributed by atoms with Crippen molar-refractivity contribution >= 4 is 39.6 Å². The summed E-state index contributed by atoms with van der Waals surface area (Å²) < 4.78 is 37.1. The summed E-state index contributed by atoms with van der Waals surface area (Å²) >= 11 is 0. The summed E-state index contributed by atoms with van der Waals surface area (Å²) in [5, 5.41) is 3.75. The number of rotatable bonds is 12. The highest BCUT2D eigenvalue weighted by Crippen LogP contribution is 2.83. The van der Waals surface area contributed by atoms with E-state index in [1.54, 1.807) is 0 Å².